The summed E-state index contributed by atoms with van der Waals surface area (Å²) >= 11 is 0. The molecule has 0 aromatic rings. The molecule has 3 fully saturated rings. The number of hydrogen-bond acceptors (Lipinski definition) is 0. The molecule has 0 amide bonds. The maximum atomic E-state index is 2.43. The van der Waals surface area contributed by atoms with Gasteiger partial charge in [0.25, 0.3) is 0 Å². The molecule has 0 spiro atoms. The molecular weight excluding hydrogens is 280 g/mol. The van der Waals surface area contributed by atoms with Gasteiger partial charge in [-0.25, -0.2) is 0 Å². The number of allylic oxidation sites excluding steroid dienone is 8. The zero-order chi connectivity index (χ0) is 14.6. The first-order valence-electron chi connectivity index (χ1n) is 8.18. The van der Waals surface area contributed by atoms with E-state index in [2.05, 4.69) is 74.3 Å². The van der Waals surface area contributed by atoms with Crippen molar-refractivity contribution in [3.8, 4) is 0 Å². The minimum atomic E-state index is -1.52. The average Bonchev–Trinajstić information content (AvgIpc) is 3.13. The van der Waals surface area contributed by atoms with Gasteiger partial charge in [-0.3, -0.25) is 0 Å². The molecule has 1 heteroatoms. The number of hydrogen-bond donors (Lipinski definition) is 0. The first-order valence-corrected chi connectivity index (χ1v) is 10.6. The lowest BCUT2D eigenvalue weighted by Crippen LogP contribution is -2.55. The second-order valence-electron chi connectivity index (χ2n) is 6.60. The van der Waals surface area contributed by atoms with Crippen LogP contribution >= 0.6 is 0 Å². The Morgan fingerprint density at radius 2 is 1.09 bits per heavy atom. The van der Waals surface area contributed by atoms with E-state index in [1.54, 1.807) is 11.1 Å². The van der Waals surface area contributed by atoms with E-state index >= 15 is 0 Å². The van der Waals surface area contributed by atoms with Crippen LogP contribution in [0.25, 0.3) is 0 Å². The lowest BCUT2D eigenvalue weighted by Gasteiger charge is -2.52. The monoisotopic (exact) mass is 298 g/mol. The molecule has 22 heavy (non-hydrogen) atoms. The molecule has 2 saturated carbocycles. The topological polar surface area (TPSA) is 0 Å². The van der Waals surface area contributed by atoms with Crippen LogP contribution in [0.2, 0.25) is 12.1 Å². The van der Waals surface area contributed by atoms with E-state index in [1.807, 2.05) is 0 Å². The summed E-state index contributed by atoms with van der Waals surface area (Å²) in [6, 6.07) is 2.82. The molecule has 1 aliphatic heterocycles. The van der Waals surface area contributed by atoms with E-state index in [4.69, 9.17) is 0 Å². The maximum absolute atomic E-state index is 2.43. The fourth-order valence-corrected chi connectivity index (χ4v) is 9.07. The molecule has 0 nitrogen and oxygen atoms in total. The van der Waals surface area contributed by atoms with Crippen molar-refractivity contribution in [1.82, 2.24) is 0 Å². The van der Waals surface area contributed by atoms with E-state index in [1.165, 1.54) is 42.2 Å². The lowest BCUT2D eigenvalue weighted by molar-refractivity contribution is 0.867. The van der Waals surface area contributed by atoms with E-state index in [0.29, 0.717) is 0 Å². The summed E-state index contributed by atoms with van der Waals surface area (Å²) in [5.74, 6) is 5.82. The van der Waals surface area contributed by atoms with Crippen molar-refractivity contribution in [3.05, 3.63) is 109 Å². The molecular formula is C21H18Si. The van der Waals surface area contributed by atoms with Crippen LogP contribution in [-0.4, -0.2) is 8.07 Å². The standard InChI is InChI=1S/C21H18Si/c1-3-8-18-16(6-1)10-12-20(18)22(14-5-15-22)21-13-11-17-7-2-4-9-19(17)21/h1-4,6-13H,5,14-15H2. The van der Waals surface area contributed by atoms with Crippen LogP contribution in [0, 0.1) is 60.4 Å². The second kappa shape index (κ2) is 5.09. The highest BCUT2D eigenvalue weighted by Crippen LogP contribution is 2.62. The van der Waals surface area contributed by atoms with Gasteiger partial charge >= 0.3 is 0 Å². The minimum absolute atomic E-state index is 1.39. The number of rotatable bonds is 2. The van der Waals surface area contributed by atoms with Gasteiger partial charge in [0.15, 0.2) is 0 Å². The van der Waals surface area contributed by atoms with Gasteiger partial charge in [-0.15, -0.1) is 0 Å². The van der Waals surface area contributed by atoms with Crippen LogP contribution in [0.5, 0.6) is 0 Å². The summed E-state index contributed by atoms with van der Waals surface area (Å²) in [7, 11) is -1.52. The third kappa shape index (κ3) is 1.81. The predicted molar refractivity (Wildman–Crippen MR) is 93.2 cm³/mol. The van der Waals surface area contributed by atoms with Crippen molar-refractivity contribution in [3.63, 3.8) is 0 Å². The Labute approximate surface area is 136 Å². The van der Waals surface area contributed by atoms with Crippen molar-refractivity contribution in [2.45, 2.75) is 18.5 Å². The Kier molecular flexibility index (Phi) is 3.15. The molecule has 0 aromatic heterocycles. The number of fused-ring (bicyclic) bond motifs is 2. The third-order valence-corrected chi connectivity index (χ3v) is 10.9. The molecule has 10 radical (unpaired) electrons. The molecule has 1 saturated heterocycles. The smallest absolute Gasteiger partial charge is 0.0694 e. The van der Waals surface area contributed by atoms with E-state index in [9.17, 15) is 0 Å². The highest BCUT2D eigenvalue weighted by atomic mass is 28.3. The fraction of sp³-hybridized carbons (Fsp3) is 0.143. The first kappa shape index (κ1) is 13.6. The summed E-state index contributed by atoms with van der Waals surface area (Å²) in [4.78, 5) is 0. The molecule has 0 atom stereocenters. The van der Waals surface area contributed by atoms with Gasteiger partial charge < -0.3 is 0 Å². The quantitative estimate of drug-likeness (QED) is 0.660. The van der Waals surface area contributed by atoms with Crippen LogP contribution in [0.4, 0.5) is 0 Å². The zero-order valence-electron chi connectivity index (χ0n) is 12.5. The highest BCUT2D eigenvalue weighted by molar-refractivity contribution is 6.94. The summed E-state index contributed by atoms with van der Waals surface area (Å²) < 4.78 is 0. The average molecular weight is 298 g/mol. The highest BCUT2D eigenvalue weighted by Gasteiger charge is 2.60. The molecule has 0 bridgehead atoms. The van der Waals surface area contributed by atoms with Gasteiger partial charge in [0.2, 0.25) is 0 Å². The summed E-state index contributed by atoms with van der Waals surface area (Å²) in [5.41, 5.74) is 3.34. The van der Waals surface area contributed by atoms with E-state index in [-0.39, 0.29) is 0 Å². The molecule has 0 aromatic carbocycles. The fourth-order valence-electron chi connectivity index (χ4n) is 4.35. The van der Waals surface area contributed by atoms with Crippen molar-refractivity contribution < 1.29 is 0 Å². The first-order chi connectivity index (χ1) is 10.9. The van der Waals surface area contributed by atoms with Crippen molar-refractivity contribution in [2.75, 3.05) is 0 Å². The normalized spacial score (nSPS) is 32.5. The van der Waals surface area contributed by atoms with Gasteiger partial charge in [0.05, 0.1) is 8.07 Å². The Hall–Kier alpha value is -0.823. The molecule has 1 heterocycles. The minimum Gasteiger partial charge on any atom is -0.0762 e. The van der Waals surface area contributed by atoms with Gasteiger partial charge in [-0.1, -0.05) is 67.1 Å². The van der Waals surface area contributed by atoms with Gasteiger partial charge in [-0.2, -0.15) is 0 Å². The summed E-state index contributed by atoms with van der Waals surface area (Å²) in [5, 5.41) is 0. The van der Waals surface area contributed by atoms with Gasteiger partial charge in [-0.05, 0) is 36.8 Å². The van der Waals surface area contributed by atoms with Crippen LogP contribution in [-0.2, 0) is 0 Å². The van der Waals surface area contributed by atoms with E-state index in [0.717, 1.165) is 0 Å². The summed E-state index contributed by atoms with van der Waals surface area (Å²) in [6.07, 6.45) is 28.7. The largest absolute Gasteiger partial charge is 0.0762 e. The molecule has 0 N–H and O–H groups in total. The third-order valence-electron chi connectivity index (χ3n) is 5.60. The second-order valence-corrected chi connectivity index (χ2v) is 10.8. The van der Waals surface area contributed by atoms with Crippen molar-refractivity contribution in [2.24, 2.45) is 0 Å². The van der Waals surface area contributed by atoms with Gasteiger partial charge in [0.1, 0.15) is 0 Å². The zero-order valence-corrected chi connectivity index (χ0v) is 13.5. The van der Waals surface area contributed by atoms with Gasteiger partial charge in [0, 0.05) is 23.7 Å². The van der Waals surface area contributed by atoms with Crippen LogP contribution in [0.15, 0.2) is 48.6 Å². The van der Waals surface area contributed by atoms with Crippen LogP contribution in [0.3, 0.4) is 0 Å². The Bertz CT molecular complexity index is 516. The SMILES string of the molecule is [CH]1[CH][C]([Si]2([C]3[CH][CH][C]4C=CC=C[C]43)CCC2)[C]2C=CC=C[C]12. The molecule has 106 valence electrons. The Morgan fingerprint density at radius 1 is 0.591 bits per heavy atom. The lowest BCUT2D eigenvalue weighted by atomic mass is 9.91. The maximum Gasteiger partial charge on any atom is 0.0694 e. The predicted octanol–water partition coefficient (Wildman–Crippen LogP) is 4.46. The van der Waals surface area contributed by atoms with Crippen LogP contribution in [0.1, 0.15) is 6.42 Å². The molecule has 5 aliphatic rings. The van der Waals surface area contributed by atoms with E-state index < -0.39 is 8.07 Å². The Morgan fingerprint density at radius 3 is 1.55 bits per heavy atom. The van der Waals surface area contributed by atoms with Crippen molar-refractivity contribution >= 4 is 8.07 Å². The summed E-state index contributed by atoms with van der Waals surface area (Å²) in [6.45, 7) is 0. The molecule has 0 unspecified atom stereocenters. The van der Waals surface area contributed by atoms with Crippen LogP contribution < -0.4 is 0 Å². The molecule has 4 aliphatic carbocycles. The Balaban J connectivity index is 1.46. The van der Waals surface area contributed by atoms with Crippen molar-refractivity contribution in [1.29, 1.82) is 0 Å². The molecule has 5 rings (SSSR count).